The minimum atomic E-state index is -0.953. The first-order valence-electron chi connectivity index (χ1n) is 11.9. The van der Waals surface area contributed by atoms with Crippen molar-refractivity contribution in [2.45, 2.75) is 27.7 Å². The lowest BCUT2D eigenvalue weighted by Crippen LogP contribution is -2.57. The Bertz CT molecular complexity index is 1350. The molecule has 0 unspecified atom stereocenters. The van der Waals surface area contributed by atoms with Gasteiger partial charge in [0.15, 0.2) is 0 Å². The largest absolute Gasteiger partial charge is 0.274 e. The van der Waals surface area contributed by atoms with Gasteiger partial charge in [-0.05, 0) is 88.0 Å². The number of amides is 4. The third-order valence-electron chi connectivity index (χ3n) is 8.57. The van der Waals surface area contributed by atoms with Gasteiger partial charge in [-0.1, -0.05) is 30.7 Å². The van der Waals surface area contributed by atoms with Crippen LogP contribution < -0.4 is 9.80 Å². The summed E-state index contributed by atoms with van der Waals surface area (Å²) in [5.74, 6) is -4.48. The first-order chi connectivity index (χ1) is 17.0. The average molecular weight is 612 g/mol. The maximum absolute atomic E-state index is 13.9. The maximum atomic E-state index is 13.9. The molecule has 2 aliphatic heterocycles. The fourth-order valence-corrected chi connectivity index (χ4v) is 8.57. The van der Waals surface area contributed by atoms with Crippen LogP contribution >= 0.6 is 31.9 Å². The summed E-state index contributed by atoms with van der Waals surface area (Å²) in [7, 11) is 0. The molecule has 5 aliphatic rings. The Balaban J connectivity index is 1.48. The van der Waals surface area contributed by atoms with E-state index in [-0.39, 0.29) is 23.6 Å². The number of hydrogen-bond donors (Lipinski definition) is 0. The molecule has 0 radical (unpaired) electrons. The molecule has 2 aromatic rings. The monoisotopic (exact) mass is 610 g/mol. The van der Waals surface area contributed by atoms with Crippen LogP contribution in [0.1, 0.15) is 25.0 Å². The number of nitrogens with zero attached hydrogens (tertiary/aromatic N) is 2. The van der Waals surface area contributed by atoms with E-state index in [0.29, 0.717) is 20.3 Å². The van der Waals surface area contributed by atoms with Crippen LogP contribution in [0.15, 0.2) is 57.0 Å². The van der Waals surface area contributed by atoms with E-state index in [9.17, 15) is 19.2 Å². The molecule has 4 atom stereocenters. The molecule has 6 nitrogen and oxygen atoms in total. The number of aryl methyl sites for hydroxylation is 2. The molecule has 1 saturated carbocycles. The van der Waals surface area contributed by atoms with Gasteiger partial charge >= 0.3 is 0 Å². The maximum Gasteiger partial charge on any atom is 0.238 e. The Morgan fingerprint density at radius 1 is 0.667 bits per heavy atom. The highest BCUT2D eigenvalue weighted by molar-refractivity contribution is 9.11. The summed E-state index contributed by atoms with van der Waals surface area (Å²) in [4.78, 5) is 58.3. The van der Waals surface area contributed by atoms with Crippen molar-refractivity contribution in [2.75, 3.05) is 9.80 Å². The van der Waals surface area contributed by atoms with E-state index in [2.05, 4.69) is 31.9 Å². The summed E-state index contributed by atoms with van der Waals surface area (Å²) in [6, 6.07) is 11.0. The summed E-state index contributed by atoms with van der Waals surface area (Å²) >= 11 is 7.03. The van der Waals surface area contributed by atoms with Gasteiger partial charge in [-0.25, -0.2) is 9.80 Å². The smallest absolute Gasteiger partial charge is 0.238 e. The van der Waals surface area contributed by atoms with E-state index in [1.165, 1.54) is 9.80 Å². The second-order valence-electron chi connectivity index (χ2n) is 10.7. The van der Waals surface area contributed by atoms with Crippen LogP contribution in [0.2, 0.25) is 0 Å². The number of allylic oxidation sites excluding steroid dienone is 2. The number of anilines is 2. The molecule has 0 aromatic heterocycles. The molecule has 2 aromatic carbocycles. The Morgan fingerprint density at radius 3 is 1.47 bits per heavy atom. The molecule has 2 heterocycles. The molecule has 7 rings (SSSR count). The topological polar surface area (TPSA) is 74.8 Å². The van der Waals surface area contributed by atoms with Crippen molar-refractivity contribution in [3.63, 3.8) is 0 Å². The SMILES string of the molecule is CC1=CC2(C)[C@@H]3C(=O)N(c4ccc(C)cc4Br)C(=O)[C@@H]3C1[C@H]1C(=O)N(c3ccc(C)cc3Br)C(=O)[C@H]12. The van der Waals surface area contributed by atoms with Crippen molar-refractivity contribution in [3.8, 4) is 0 Å². The second kappa shape index (κ2) is 7.71. The lowest BCUT2D eigenvalue weighted by molar-refractivity contribution is -0.146. The number of halogens is 2. The Labute approximate surface area is 226 Å². The number of benzene rings is 2. The van der Waals surface area contributed by atoms with E-state index in [1.54, 1.807) is 12.1 Å². The van der Waals surface area contributed by atoms with Gasteiger partial charge in [0.1, 0.15) is 0 Å². The molecule has 0 spiro atoms. The number of hydrogen-bond acceptors (Lipinski definition) is 4. The predicted molar refractivity (Wildman–Crippen MR) is 142 cm³/mol. The molecule has 0 N–H and O–H groups in total. The highest BCUT2D eigenvalue weighted by Crippen LogP contribution is 2.66. The van der Waals surface area contributed by atoms with Crippen molar-refractivity contribution in [3.05, 3.63) is 68.1 Å². The molecular formula is C28H24Br2N2O4. The predicted octanol–water partition coefficient (Wildman–Crippen LogP) is 5.34. The van der Waals surface area contributed by atoms with Gasteiger partial charge in [0.25, 0.3) is 0 Å². The normalized spacial score (nSPS) is 32.8. The van der Waals surface area contributed by atoms with Gasteiger partial charge in [-0.15, -0.1) is 0 Å². The molecule has 4 amide bonds. The van der Waals surface area contributed by atoms with Crippen LogP contribution in [0.4, 0.5) is 11.4 Å². The number of carbonyl (C=O) groups is 4. The van der Waals surface area contributed by atoms with Crippen molar-refractivity contribution >= 4 is 66.9 Å². The van der Waals surface area contributed by atoms with E-state index < -0.39 is 35.0 Å². The molecule has 3 aliphatic carbocycles. The fraction of sp³-hybridized carbons (Fsp3) is 0.357. The lowest BCUT2D eigenvalue weighted by atomic mass is 9.46. The van der Waals surface area contributed by atoms with Crippen LogP contribution in [0.3, 0.4) is 0 Å². The molecule has 3 fully saturated rings. The van der Waals surface area contributed by atoms with Gasteiger partial charge in [-0.3, -0.25) is 19.2 Å². The zero-order valence-electron chi connectivity index (χ0n) is 20.2. The summed E-state index contributed by atoms with van der Waals surface area (Å²) in [5, 5.41) is 0. The van der Waals surface area contributed by atoms with Crippen LogP contribution in [0.5, 0.6) is 0 Å². The Morgan fingerprint density at radius 2 is 1.08 bits per heavy atom. The van der Waals surface area contributed by atoms with Crippen LogP contribution in [0.25, 0.3) is 0 Å². The van der Waals surface area contributed by atoms with Gasteiger partial charge in [0.05, 0.1) is 35.0 Å². The summed E-state index contributed by atoms with van der Waals surface area (Å²) in [5.41, 5.74) is 2.94. The molecule has 184 valence electrons. The van der Waals surface area contributed by atoms with Gasteiger partial charge in [0.2, 0.25) is 23.6 Å². The molecule has 2 bridgehead atoms. The minimum absolute atomic E-state index is 0.299. The van der Waals surface area contributed by atoms with E-state index in [4.69, 9.17) is 0 Å². The molecule has 8 heteroatoms. The first kappa shape index (κ1) is 23.8. The highest BCUT2D eigenvalue weighted by atomic mass is 79.9. The van der Waals surface area contributed by atoms with Crippen molar-refractivity contribution in [1.82, 2.24) is 0 Å². The third kappa shape index (κ3) is 2.88. The quantitative estimate of drug-likeness (QED) is 0.340. The Kier molecular flexibility index (Phi) is 5.10. The van der Waals surface area contributed by atoms with E-state index in [1.807, 2.05) is 58.0 Å². The summed E-state index contributed by atoms with van der Waals surface area (Å²) in [6.07, 6.45) is 1.98. The van der Waals surface area contributed by atoms with Crippen LogP contribution in [-0.2, 0) is 19.2 Å². The van der Waals surface area contributed by atoms with Crippen molar-refractivity contribution < 1.29 is 19.2 Å². The van der Waals surface area contributed by atoms with Gasteiger partial charge in [0, 0.05) is 20.3 Å². The second-order valence-corrected chi connectivity index (χ2v) is 12.4. The molecule has 36 heavy (non-hydrogen) atoms. The molecular weight excluding hydrogens is 588 g/mol. The zero-order chi connectivity index (χ0) is 25.8. The first-order valence-corrected chi connectivity index (χ1v) is 13.5. The average Bonchev–Trinajstić information content (AvgIpc) is 3.21. The third-order valence-corrected chi connectivity index (χ3v) is 9.84. The zero-order valence-corrected chi connectivity index (χ0v) is 23.4. The van der Waals surface area contributed by atoms with Crippen molar-refractivity contribution in [1.29, 1.82) is 0 Å². The van der Waals surface area contributed by atoms with Crippen LogP contribution in [0, 0.1) is 48.9 Å². The summed E-state index contributed by atoms with van der Waals surface area (Å²) < 4.78 is 1.32. The van der Waals surface area contributed by atoms with Gasteiger partial charge < -0.3 is 0 Å². The van der Waals surface area contributed by atoms with Crippen LogP contribution in [-0.4, -0.2) is 23.6 Å². The van der Waals surface area contributed by atoms with E-state index >= 15 is 0 Å². The standard InChI is InChI=1S/C28H24Br2N2O4/c1-12-5-7-17(15(29)9-12)31-24(33)20-19-14(3)11-28(4,22(20)26(31)35)23-21(19)25(34)32(27(23)36)18-8-6-13(2)10-16(18)30/h5-11,19-23H,1-4H3/t19?,20-,21-,22+,23+,28?/m1/s1. The highest BCUT2D eigenvalue weighted by Gasteiger charge is 2.74. The lowest BCUT2D eigenvalue weighted by Gasteiger charge is -2.53. The Hall–Kier alpha value is -2.58. The van der Waals surface area contributed by atoms with Gasteiger partial charge in [-0.2, -0.15) is 0 Å². The number of imide groups is 2. The number of rotatable bonds is 2. The molecule has 2 saturated heterocycles. The number of carbonyl (C=O) groups excluding carboxylic acids is 4. The fourth-order valence-electron chi connectivity index (χ4n) is 7.22. The minimum Gasteiger partial charge on any atom is -0.274 e. The summed E-state index contributed by atoms with van der Waals surface area (Å²) in [6.45, 7) is 7.67. The van der Waals surface area contributed by atoms with Crippen molar-refractivity contribution in [2.24, 2.45) is 35.0 Å². The van der Waals surface area contributed by atoms with E-state index in [0.717, 1.165) is 16.7 Å².